The van der Waals surface area contributed by atoms with Crippen LogP contribution in [0.5, 0.6) is 11.5 Å². The summed E-state index contributed by atoms with van der Waals surface area (Å²) in [7, 11) is 1.62. The van der Waals surface area contributed by atoms with Crippen LogP contribution in [0.3, 0.4) is 0 Å². The van der Waals surface area contributed by atoms with Gasteiger partial charge in [-0.3, -0.25) is 0 Å². The van der Waals surface area contributed by atoms with Crippen molar-refractivity contribution in [3.8, 4) is 11.5 Å². The Labute approximate surface area is 102 Å². The minimum atomic E-state index is -0.883. The second-order valence-corrected chi connectivity index (χ2v) is 4.51. The fourth-order valence-corrected chi connectivity index (χ4v) is 1.63. The second-order valence-electron chi connectivity index (χ2n) is 4.51. The smallest absolute Gasteiger partial charge is 0.119 e. The highest BCUT2D eigenvalue weighted by Crippen LogP contribution is 2.20. The molecule has 2 unspecified atom stereocenters. The number of nitrogens with two attached hydrogens (primary N) is 1. The first-order valence-electron chi connectivity index (χ1n) is 5.70. The van der Waals surface area contributed by atoms with Crippen molar-refractivity contribution >= 4 is 0 Å². The van der Waals surface area contributed by atoms with Crippen LogP contribution in [-0.4, -0.2) is 30.5 Å². The van der Waals surface area contributed by atoms with Crippen molar-refractivity contribution in [1.29, 1.82) is 0 Å². The molecule has 17 heavy (non-hydrogen) atoms. The molecule has 3 N–H and O–H groups in total. The summed E-state index contributed by atoms with van der Waals surface area (Å²) in [4.78, 5) is 0. The third-order valence-electron chi connectivity index (χ3n) is 2.56. The molecule has 0 aromatic heterocycles. The third kappa shape index (κ3) is 4.63. The van der Waals surface area contributed by atoms with E-state index in [-0.39, 0.29) is 12.6 Å². The first kappa shape index (κ1) is 13.8. The Morgan fingerprint density at radius 2 is 1.82 bits per heavy atom. The Hall–Kier alpha value is -1.26. The number of hydrogen-bond acceptors (Lipinski definition) is 4. The van der Waals surface area contributed by atoms with Gasteiger partial charge in [0, 0.05) is 13.0 Å². The van der Waals surface area contributed by atoms with E-state index in [1.807, 2.05) is 31.2 Å². The highest BCUT2D eigenvalue weighted by Gasteiger charge is 2.22. The third-order valence-corrected chi connectivity index (χ3v) is 2.56. The van der Waals surface area contributed by atoms with E-state index >= 15 is 0 Å². The molecule has 1 rings (SSSR count). The first-order chi connectivity index (χ1) is 7.96. The SMILES string of the molecule is COc1ccc(OC(C)CC(C)(O)CN)cc1. The molecule has 2 atom stereocenters. The van der Waals surface area contributed by atoms with Gasteiger partial charge in [-0.05, 0) is 38.1 Å². The molecule has 0 spiro atoms. The molecule has 1 aromatic rings. The van der Waals surface area contributed by atoms with E-state index in [0.29, 0.717) is 6.42 Å². The van der Waals surface area contributed by atoms with Gasteiger partial charge in [0.25, 0.3) is 0 Å². The minimum Gasteiger partial charge on any atom is -0.497 e. The summed E-state index contributed by atoms with van der Waals surface area (Å²) in [6.45, 7) is 3.85. The molecule has 0 aliphatic carbocycles. The molecule has 0 bridgehead atoms. The molecule has 96 valence electrons. The topological polar surface area (TPSA) is 64.7 Å². The van der Waals surface area contributed by atoms with Gasteiger partial charge in [-0.25, -0.2) is 0 Å². The predicted molar refractivity (Wildman–Crippen MR) is 67.4 cm³/mol. The van der Waals surface area contributed by atoms with E-state index in [9.17, 15) is 5.11 Å². The van der Waals surface area contributed by atoms with Crippen molar-refractivity contribution < 1.29 is 14.6 Å². The normalized spacial score (nSPS) is 16.1. The van der Waals surface area contributed by atoms with Crippen molar-refractivity contribution in [2.24, 2.45) is 5.73 Å². The Kier molecular flexibility index (Phi) is 4.78. The standard InChI is InChI=1S/C13H21NO3/c1-10(8-13(2,15)9-14)17-12-6-4-11(16-3)5-7-12/h4-7,10,15H,8-9,14H2,1-3H3. The van der Waals surface area contributed by atoms with Gasteiger partial charge in [-0.1, -0.05) is 0 Å². The number of aliphatic hydroxyl groups is 1. The molecular formula is C13H21NO3. The van der Waals surface area contributed by atoms with Crippen LogP contribution in [0.15, 0.2) is 24.3 Å². The van der Waals surface area contributed by atoms with E-state index in [2.05, 4.69) is 0 Å². The second kappa shape index (κ2) is 5.89. The molecule has 0 saturated carbocycles. The summed E-state index contributed by atoms with van der Waals surface area (Å²) < 4.78 is 10.7. The fourth-order valence-electron chi connectivity index (χ4n) is 1.63. The lowest BCUT2D eigenvalue weighted by Crippen LogP contribution is -2.38. The Bertz CT molecular complexity index is 335. The van der Waals surface area contributed by atoms with Crippen LogP contribution in [0.1, 0.15) is 20.3 Å². The summed E-state index contributed by atoms with van der Waals surface area (Å²) in [5, 5.41) is 9.83. The van der Waals surface area contributed by atoms with E-state index in [1.54, 1.807) is 14.0 Å². The molecule has 0 aliphatic heterocycles. The van der Waals surface area contributed by atoms with Gasteiger partial charge in [-0.2, -0.15) is 0 Å². The molecule has 4 heteroatoms. The Morgan fingerprint density at radius 1 is 1.29 bits per heavy atom. The lowest BCUT2D eigenvalue weighted by atomic mass is 9.99. The van der Waals surface area contributed by atoms with Crippen LogP contribution in [-0.2, 0) is 0 Å². The number of ether oxygens (including phenoxy) is 2. The van der Waals surface area contributed by atoms with Crippen molar-refractivity contribution in [1.82, 2.24) is 0 Å². The van der Waals surface area contributed by atoms with Crippen molar-refractivity contribution in [3.63, 3.8) is 0 Å². The van der Waals surface area contributed by atoms with Gasteiger partial charge in [0.15, 0.2) is 0 Å². The molecule has 0 radical (unpaired) electrons. The van der Waals surface area contributed by atoms with Gasteiger partial charge in [0.2, 0.25) is 0 Å². The van der Waals surface area contributed by atoms with Gasteiger partial charge in [0.1, 0.15) is 11.5 Å². The molecule has 1 aromatic carbocycles. The van der Waals surface area contributed by atoms with E-state index in [1.165, 1.54) is 0 Å². The highest BCUT2D eigenvalue weighted by atomic mass is 16.5. The van der Waals surface area contributed by atoms with Crippen molar-refractivity contribution in [3.05, 3.63) is 24.3 Å². The average Bonchev–Trinajstić information content (AvgIpc) is 2.29. The minimum absolute atomic E-state index is 0.0954. The molecule has 0 saturated heterocycles. The van der Waals surface area contributed by atoms with E-state index in [4.69, 9.17) is 15.2 Å². The zero-order chi connectivity index (χ0) is 12.9. The van der Waals surface area contributed by atoms with Gasteiger partial charge >= 0.3 is 0 Å². The zero-order valence-electron chi connectivity index (χ0n) is 10.6. The molecule has 4 nitrogen and oxygen atoms in total. The fraction of sp³-hybridized carbons (Fsp3) is 0.538. The summed E-state index contributed by atoms with van der Waals surface area (Å²) in [6, 6.07) is 7.35. The van der Waals surface area contributed by atoms with Crippen LogP contribution in [0.25, 0.3) is 0 Å². The molecular weight excluding hydrogens is 218 g/mol. The highest BCUT2D eigenvalue weighted by molar-refractivity contribution is 5.31. The lowest BCUT2D eigenvalue weighted by Gasteiger charge is -2.25. The predicted octanol–water partition coefficient (Wildman–Crippen LogP) is 1.56. The van der Waals surface area contributed by atoms with E-state index in [0.717, 1.165) is 11.5 Å². The first-order valence-corrected chi connectivity index (χ1v) is 5.70. The number of benzene rings is 1. The average molecular weight is 239 g/mol. The van der Waals surface area contributed by atoms with Crippen LogP contribution < -0.4 is 15.2 Å². The molecule has 0 aliphatic rings. The number of rotatable bonds is 6. The lowest BCUT2D eigenvalue weighted by molar-refractivity contribution is 0.0237. The molecule has 0 heterocycles. The van der Waals surface area contributed by atoms with Crippen molar-refractivity contribution in [2.75, 3.05) is 13.7 Å². The van der Waals surface area contributed by atoms with E-state index < -0.39 is 5.60 Å². The van der Waals surface area contributed by atoms with Gasteiger partial charge in [0.05, 0.1) is 18.8 Å². The Morgan fingerprint density at radius 3 is 2.29 bits per heavy atom. The summed E-state index contributed by atoms with van der Waals surface area (Å²) in [5.41, 5.74) is 4.58. The number of hydrogen-bond donors (Lipinski definition) is 2. The Balaban J connectivity index is 2.52. The van der Waals surface area contributed by atoms with Crippen LogP contribution >= 0.6 is 0 Å². The van der Waals surface area contributed by atoms with Crippen LogP contribution in [0, 0.1) is 0 Å². The van der Waals surface area contributed by atoms with Crippen molar-refractivity contribution in [2.45, 2.75) is 32.0 Å². The summed E-state index contributed by atoms with van der Waals surface area (Å²) in [6.07, 6.45) is 0.400. The maximum Gasteiger partial charge on any atom is 0.119 e. The maximum absolute atomic E-state index is 9.83. The van der Waals surface area contributed by atoms with Gasteiger partial charge < -0.3 is 20.3 Å². The largest absolute Gasteiger partial charge is 0.497 e. The molecule has 0 fully saturated rings. The van der Waals surface area contributed by atoms with Crippen LogP contribution in [0.4, 0.5) is 0 Å². The monoisotopic (exact) mass is 239 g/mol. The van der Waals surface area contributed by atoms with Gasteiger partial charge in [-0.15, -0.1) is 0 Å². The maximum atomic E-state index is 9.83. The number of methoxy groups -OCH3 is 1. The zero-order valence-corrected chi connectivity index (χ0v) is 10.6. The summed E-state index contributed by atoms with van der Waals surface area (Å²) >= 11 is 0. The van der Waals surface area contributed by atoms with Crippen LogP contribution in [0.2, 0.25) is 0 Å². The summed E-state index contributed by atoms with van der Waals surface area (Å²) in [5.74, 6) is 1.55. The quantitative estimate of drug-likeness (QED) is 0.790. The molecule has 0 amide bonds.